The van der Waals surface area contributed by atoms with Gasteiger partial charge in [-0.15, -0.1) is 0 Å². The number of amides is 1. The van der Waals surface area contributed by atoms with E-state index >= 15 is 0 Å². The van der Waals surface area contributed by atoms with Crippen LogP contribution in [0.5, 0.6) is 11.5 Å². The maximum absolute atomic E-state index is 11.5. The normalized spacial score (nSPS) is 16.8. The van der Waals surface area contributed by atoms with E-state index in [2.05, 4.69) is 27.9 Å². The van der Waals surface area contributed by atoms with Gasteiger partial charge in [-0.3, -0.25) is 4.79 Å². The van der Waals surface area contributed by atoms with Crippen molar-refractivity contribution in [2.45, 2.75) is 6.04 Å². The lowest BCUT2D eigenvalue weighted by molar-refractivity contribution is -0.116. The molecule has 0 radical (unpaired) electrons. The Morgan fingerprint density at radius 3 is 2.65 bits per heavy atom. The van der Waals surface area contributed by atoms with Crippen LogP contribution >= 0.6 is 34.2 Å². The Kier molecular flexibility index (Phi) is 3.57. The van der Waals surface area contributed by atoms with Crippen molar-refractivity contribution >= 4 is 45.8 Å². The van der Waals surface area contributed by atoms with Gasteiger partial charge in [0.1, 0.15) is 17.5 Å². The molecule has 1 atom stereocenters. The molecule has 0 aliphatic carbocycles. The van der Waals surface area contributed by atoms with E-state index in [0.717, 1.165) is 3.57 Å². The number of hydrogen-bond donors (Lipinski definition) is 2. The quantitative estimate of drug-likeness (QED) is 0.756. The van der Waals surface area contributed by atoms with E-state index in [4.69, 9.17) is 22.1 Å². The predicted molar refractivity (Wildman–Crippen MR) is 86.2 cm³/mol. The van der Waals surface area contributed by atoms with E-state index in [1.165, 1.54) is 0 Å². The van der Waals surface area contributed by atoms with Gasteiger partial charge in [-0.05, 0) is 52.9 Å². The summed E-state index contributed by atoms with van der Waals surface area (Å²) in [5, 5.41) is 3.13. The van der Waals surface area contributed by atoms with Gasteiger partial charge < -0.3 is 15.8 Å². The molecular formula is C14H10ClIN2O2. The molecule has 0 fully saturated rings. The van der Waals surface area contributed by atoms with Crippen LogP contribution < -0.4 is 15.8 Å². The summed E-state index contributed by atoms with van der Waals surface area (Å²) in [5.74, 6) is 0.935. The lowest BCUT2D eigenvalue weighted by Gasteiger charge is -2.10. The SMILES string of the molecule is NC1C(=O)Nc2cc(Oc3ccc(I)cc3)c(Cl)cc21. The maximum atomic E-state index is 11.5. The highest BCUT2D eigenvalue weighted by Gasteiger charge is 2.28. The van der Waals surface area contributed by atoms with Gasteiger partial charge in [0.25, 0.3) is 0 Å². The summed E-state index contributed by atoms with van der Waals surface area (Å²) < 4.78 is 6.85. The number of carbonyl (C=O) groups is 1. The van der Waals surface area contributed by atoms with E-state index in [-0.39, 0.29) is 5.91 Å². The zero-order chi connectivity index (χ0) is 14.3. The summed E-state index contributed by atoms with van der Waals surface area (Å²) in [5.41, 5.74) is 7.10. The van der Waals surface area contributed by atoms with E-state index in [0.29, 0.717) is 27.8 Å². The molecule has 1 aliphatic rings. The molecule has 2 aromatic rings. The first-order valence-corrected chi connectivity index (χ1v) is 7.33. The molecule has 2 aromatic carbocycles. The highest BCUT2D eigenvalue weighted by Crippen LogP contribution is 2.39. The smallest absolute Gasteiger partial charge is 0.245 e. The Balaban J connectivity index is 1.94. The Hall–Kier alpha value is -1.31. The highest BCUT2D eigenvalue weighted by atomic mass is 127. The van der Waals surface area contributed by atoms with Gasteiger partial charge in [0.15, 0.2) is 0 Å². The van der Waals surface area contributed by atoms with Crippen molar-refractivity contribution in [3.05, 3.63) is 50.6 Å². The van der Waals surface area contributed by atoms with E-state index in [1.54, 1.807) is 12.1 Å². The number of benzene rings is 2. The minimum absolute atomic E-state index is 0.234. The van der Waals surface area contributed by atoms with Crippen molar-refractivity contribution in [1.82, 2.24) is 0 Å². The summed E-state index contributed by atoms with van der Waals surface area (Å²) in [6.07, 6.45) is 0. The van der Waals surface area contributed by atoms with Crippen LogP contribution in [0.2, 0.25) is 5.02 Å². The largest absolute Gasteiger partial charge is 0.456 e. The van der Waals surface area contributed by atoms with Gasteiger partial charge in [0.2, 0.25) is 5.91 Å². The van der Waals surface area contributed by atoms with Crippen LogP contribution in [0.1, 0.15) is 11.6 Å². The van der Waals surface area contributed by atoms with Crippen molar-refractivity contribution in [3.63, 3.8) is 0 Å². The van der Waals surface area contributed by atoms with Crippen molar-refractivity contribution in [2.75, 3.05) is 5.32 Å². The number of hydrogen-bond acceptors (Lipinski definition) is 3. The molecule has 0 bridgehead atoms. The van der Waals surface area contributed by atoms with Gasteiger partial charge in [0.05, 0.1) is 5.02 Å². The van der Waals surface area contributed by atoms with E-state index in [9.17, 15) is 4.79 Å². The summed E-state index contributed by atoms with van der Waals surface area (Å²) in [7, 11) is 0. The first-order chi connectivity index (χ1) is 9.54. The number of halogens is 2. The molecule has 102 valence electrons. The third kappa shape index (κ3) is 2.48. The zero-order valence-electron chi connectivity index (χ0n) is 10.2. The summed E-state index contributed by atoms with van der Waals surface area (Å²) in [6.45, 7) is 0. The molecule has 1 heterocycles. The summed E-state index contributed by atoms with van der Waals surface area (Å²) in [6, 6.07) is 10.3. The number of carbonyl (C=O) groups excluding carboxylic acids is 1. The second-order valence-electron chi connectivity index (χ2n) is 4.39. The van der Waals surface area contributed by atoms with Gasteiger partial charge in [-0.1, -0.05) is 11.6 Å². The molecule has 0 aromatic heterocycles. The average molecular weight is 401 g/mol. The van der Waals surface area contributed by atoms with E-state index in [1.807, 2.05) is 24.3 Å². The van der Waals surface area contributed by atoms with Crippen LogP contribution in [0, 0.1) is 3.57 Å². The first kappa shape index (κ1) is 13.7. The number of rotatable bonds is 2. The van der Waals surface area contributed by atoms with E-state index < -0.39 is 6.04 Å². The fraction of sp³-hybridized carbons (Fsp3) is 0.0714. The van der Waals surface area contributed by atoms with Crippen molar-refractivity contribution in [3.8, 4) is 11.5 Å². The Morgan fingerprint density at radius 1 is 1.25 bits per heavy atom. The lowest BCUT2D eigenvalue weighted by atomic mass is 10.1. The van der Waals surface area contributed by atoms with Crippen LogP contribution in [0.15, 0.2) is 36.4 Å². The van der Waals surface area contributed by atoms with Crippen molar-refractivity contribution in [2.24, 2.45) is 5.73 Å². The van der Waals surface area contributed by atoms with Crippen molar-refractivity contribution < 1.29 is 9.53 Å². The maximum Gasteiger partial charge on any atom is 0.245 e. The number of nitrogens with two attached hydrogens (primary N) is 1. The monoisotopic (exact) mass is 400 g/mol. The third-order valence-electron chi connectivity index (χ3n) is 3.02. The Labute approximate surface area is 134 Å². The number of fused-ring (bicyclic) bond motifs is 1. The molecule has 0 saturated heterocycles. The fourth-order valence-corrected chi connectivity index (χ4v) is 2.56. The number of nitrogens with one attached hydrogen (secondary N) is 1. The zero-order valence-corrected chi connectivity index (χ0v) is 13.1. The number of anilines is 1. The molecular weight excluding hydrogens is 391 g/mol. The Bertz CT molecular complexity index is 688. The molecule has 6 heteroatoms. The topological polar surface area (TPSA) is 64.4 Å². The summed E-state index contributed by atoms with van der Waals surface area (Å²) in [4.78, 5) is 11.5. The number of ether oxygens (including phenoxy) is 1. The standard InChI is InChI=1S/C14H10ClIN2O2/c15-10-5-9-11(18-14(19)13(9)17)6-12(10)20-8-3-1-7(16)2-4-8/h1-6,13H,17H2,(H,18,19). The van der Waals surface area contributed by atoms with Gasteiger partial charge >= 0.3 is 0 Å². The molecule has 1 aliphatic heterocycles. The molecule has 0 saturated carbocycles. The molecule has 20 heavy (non-hydrogen) atoms. The third-order valence-corrected chi connectivity index (χ3v) is 4.04. The second-order valence-corrected chi connectivity index (χ2v) is 6.05. The fourth-order valence-electron chi connectivity index (χ4n) is 1.99. The molecule has 4 nitrogen and oxygen atoms in total. The van der Waals surface area contributed by atoms with Gasteiger partial charge in [0, 0.05) is 20.9 Å². The lowest BCUT2D eigenvalue weighted by Crippen LogP contribution is -2.19. The molecule has 3 N–H and O–H groups in total. The van der Waals surface area contributed by atoms with Crippen molar-refractivity contribution in [1.29, 1.82) is 0 Å². The summed E-state index contributed by atoms with van der Waals surface area (Å²) >= 11 is 8.40. The predicted octanol–water partition coefficient (Wildman–Crippen LogP) is 3.69. The van der Waals surface area contributed by atoms with Crippen LogP contribution in [0.25, 0.3) is 0 Å². The minimum atomic E-state index is -0.671. The van der Waals surface area contributed by atoms with Crippen LogP contribution in [0.3, 0.4) is 0 Å². The highest BCUT2D eigenvalue weighted by molar-refractivity contribution is 14.1. The average Bonchev–Trinajstić information content (AvgIpc) is 2.69. The van der Waals surface area contributed by atoms with Gasteiger partial charge in [-0.2, -0.15) is 0 Å². The minimum Gasteiger partial charge on any atom is -0.456 e. The first-order valence-electron chi connectivity index (χ1n) is 5.88. The molecule has 1 amide bonds. The van der Waals surface area contributed by atoms with Gasteiger partial charge in [-0.25, -0.2) is 0 Å². The Morgan fingerprint density at radius 2 is 1.95 bits per heavy atom. The second kappa shape index (κ2) is 5.23. The molecule has 1 unspecified atom stereocenters. The molecule has 0 spiro atoms. The van der Waals surface area contributed by atoms with Crippen LogP contribution in [-0.2, 0) is 4.79 Å². The van der Waals surface area contributed by atoms with Crippen LogP contribution in [-0.4, -0.2) is 5.91 Å². The van der Waals surface area contributed by atoms with Crippen LogP contribution in [0.4, 0.5) is 5.69 Å². The molecule has 3 rings (SSSR count).